The minimum Gasteiger partial charge on any atom is -0.350 e. The molecule has 0 radical (unpaired) electrons. The van der Waals surface area contributed by atoms with E-state index in [2.05, 4.69) is 32.7 Å². The smallest absolute Gasteiger partial charge is 0.239 e. The number of nitrogens with zero attached hydrogens (tertiary/aromatic N) is 1. The molecule has 140 valence electrons. The van der Waals surface area contributed by atoms with Crippen molar-refractivity contribution in [3.8, 4) is 0 Å². The number of aromatic nitrogens is 2. The van der Waals surface area contributed by atoms with E-state index in [1.165, 1.54) is 17.3 Å². The first-order valence-electron chi connectivity index (χ1n) is 8.53. The summed E-state index contributed by atoms with van der Waals surface area (Å²) >= 11 is 1.33. The first-order valence-corrected chi connectivity index (χ1v) is 9.51. The van der Waals surface area contributed by atoms with Crippen LogP contribution in [0.15, 0.2) is 35.5 Å². The fraction of sp³-hybridized carbons (Fsp3) is 0.421. The van der Waals surface area contributed by atoms with Crippen LogP contribution in [0.2, 0.25) is 0 Å². The molecule has 2 aromatic rings. The van der Waals surface area contributed by atoms with Gasteiger partial charge in [0.05, 0.1) is 18.0 Å². The number of H-pyrrole nitrogens is 1. The molecule has 0 fully saturated rings. The highest BCUT2D eigenvalue weighted by atomic mass is 32.2. The van der Waals surface area contributed by atoms with Gasteiger partial charge in [0.15, 0.2) is 5.16 Å². The zero-order chi connectivity index (χ0) is 19.2. The molecule has 0 atom stereocenters. The predicted octanol–water partition coefficient (Wildman–Crippen LogP) is 2.43. The Kier molecular flexibility index (Phi) is 6.85. The van der Waals surface area contributed by atoms with Gasteiger partial charge in [0.25, 0.3) is 0 Å². The van der Waals surface area contributed by atoms with Crippen molar-refractivity contribution in [1.82, 2.24) is 20.6 Å². The Morgan fingerprint density at radius 1 is 1.15 bits per heavy atom. The Morgan fingerprint density at radius 3 is 2.50 bits per heavy atom. The fourth-order valence-corrected chi connectivity index (χ4v) is 3.09. The summed E-state index contributed by atoms with van der Waals surface area (Å²) in [7, 11) is 0. The molecule has 0 bridgehead atoms. The van der Waals surface area contributed by atoms with Crippen molar-refractivity contribution in [1.29, 1.82) is 0 Å². The number of nitrogens with one attached hydrogen (secondary N) is 3. The number of hydrogen-bond acceptors (Lipinski definition) is 4. The van der Waals surface area contributed by atoms with Gasteiger partial charge in [-0.25, -0.2) is 4.98 Å². The Morgan fingerprint density at radius 2 is 1.85 bits per heavy atom. The lowest BCUT2D eigenvalue weighted by atomic mass is 10.1. The summed E-state index contributed by atoms with van der Waals surface area (Å²) in [4.78, 5) is 31.4. The number of thioether (sulfide) groups is 1. The van der Waals surface area contributed by atoms with E-state index in [1.54, 1.807) is 0 Å². The van der Waals surface area contributed by atoms with Crippen LogP contribution in [-0.2, 0) is 16.0 Å². The molecule has 26 heavy (non-hydrogen) atoms. The second-order valence-electron chi connectivity index (χ2n) is 7.14. The van der Waals surface area contributed by atoms with Crippen LogP contribution in [0, 0.1) is 6.92 Å². The molecule has 0 spiro atoms. The SMILES string of the molecule is Cc1[nH]c(SCC(=O)NCC(=O)NC(C)(C)C)nc1Cc1ccccc1. The molecule has 0 unspecified atom stereocenters. The average molecular weight is 375 g/mol. The normalized spacial score (nSPS) is 11.2. The quantitative estimate of drug-likeness (QED) is 0.650. The Labute approximate surface area is 158 Å². The lowest BCUT2D eigenvalue weighted by molar-refractivity contribution is -0.125. The summed E-state index contributed by atoms with van der Waals surface area (Å²) in [5, 5.41) is 6.14. The largest absolute Gasteiger partial charge is 0.350 e. The number of rotatable bonds is 7. The molecule has 7 heteroatoms. The van der Waals surface area contributed by atoms with Crippen molar-refractivity contribution in [3.63, 3.8) is 0 Å². The monoisotopic (exact) mass is 374 g/mol. The van der Waals surface area contributed by atoms with Crippen molar-refractivity contribution in [2.45, 2.75) is 44.8 Å². The molecule has 1 aromatic heterocycles. The molecule has 2 rings (SSSR count). The van der Waals surface area contributed by atoms with Crippen LogP contribution in [0.4, 0.5) is 0 Å². The van der Waals surface area contributed by atoms with Crippen LogP contribution in [-0.4, -0.2) is 39.6 Å². The van der Waals surface area contributed by atoms with E-state index in [0.717, 1.165) is 17.8 Å². The maximum Gasteiger partial charge on any atom is 0.239 e. The van der Waals surface area contributed by atoms with E-state index in [4.69, 9.17) is 0 Å². The van der Waals surface area contributed by atoms with Crippen LogP contribution in [0.3, 0.4) is 0 Å². The van der Waals surface area contributed by atoms with Crippen LogP contribution >= 0.6 is 11.8 Å². The number of amides is 2. The highest BCUT2D eigenvalue weighted by molar-refractivity contribution is 7.99. The highest BCUT2D eigenvalue weighted by Gasteiger charge is 2.15. The van der Waals surface area contributed by atoms with Crippen LogP contribution in [0.5, 0.6) is 0 Å². The summed E-state index contributed by atoms with van der Waals surface area (Å²) in [5.41, 5.74) is 2.86. The third kappa shape index (κ3) is 6.92. The van der Waals surface area contributed by atoms with E-state index < -0.39 is 0 Å². The van der Waals surface area contributed by atoms with Crippen molar-refractivity contribution in [2.75, 3.05) is 12.3 Å². The first kappa shape index (κ1) is 20.0. The molecule has 0 saturated heterocycles. The second kappa shape index (κ2) is 8.89. The maximum atomic E-state index is 11.9. The van der Waals surface area contributed by atoms with E-state index in [-0.39, 0.29) is 29.7 Å². The molecule has 3 N–H and O–H groups in total. The van der Waals surface area contributed by atoms with E-state index >= 15 is 0 Å². The van der Waals surface area contributed by atoms with Crippen LogP contribution in [0.1, 0.15) is 37.7 Å². The van der Waals surface area contributed by atoms with E-state index in [0.29, 0.717) is 5.16 Å². The zero-order valence-corrected chi connectivity index (χ0v) is 16.5. The van der Waals surface area contributed by atoms with Gasteiger partial charge in [-0.15, -0.1) is 0 Å². The molecular formula is C19H26N4O2S. The van der Waals surface area contributed by atoms with Crippen LogP contribution < -0.4 is 10.6 Å². The second-order valence-corrected chi connectivity index (χ2v) is 8.10. The average Bonchev–Trinajstić information content (AvgIpc) is 2.90. The fourth-order valence-electron chi connectivity index (χ4n) is 2.32. The van der Waals surface area contributed by atoms with Gasteiger partial charge in [0.2, 0.25) is 11.8 Å². The summed E-state index contributed by atoms with van der Waals surface area (Å²) in [6.07, 6.45) is 0.753. The predicted molar refractivity (Wildman–Crippen MR) is 104 cm³/mol. The molecule has 0 saturated carbocycles. The maximum absolute atomic E-state index is 11.9. The summed E-state index contributed by atoms with van der Waals surface area (Å²) in [6, 6.07) is 10.1. The third-order valence-electron chi connectivity index (χ3n) is 3.48. The van der Waals surface area contributed by atoms with Gasteiger partial charge in [0, 0.05) is 17.7 Å². The summed E-state index contributed by atoms with van der Waals surface area (Å²) in [5.74, 6) is -0.187. The van der Waals surface area contributed by atoms with Crippen molar-refractivity contribution in [2.24, 2.45) is 0 Å². The van der Waals surface area contributed by atoms with Gasteiger partial charge in [-0.1, -0.05) is 42.1 Å². The lowest BCUT2D eigenvalue weighted by Crippen LogP contribution is -2.46. The molecular weight excluding hydrogens is 348 g/mol. The highest BCUT2D eigenvalue weighted by Crippen LogP contribution is 2.18. The van der Waals surface area contributed by atoms with E-state index in [9.17, 15) is 9.59 Å². The minimum atomic E-state index is -0.308. The van der Waals surface area contributed by atoms with Gasteiger partial charge in [-0.2, -0.15) is 0 Å². The number of imidazole rings is 1. The zero-order valence-electron chi connectivity index (χ0n) is 15.7. The molecule has 0 aliphatic heterocycles. The van der Waals surface area contributed by atoms with E-state index in [1.807, 2.05) is 45.9 Å². The molecule has 0 aliphatic rings. The van der Waals surface area contributed by atoms with Crippen molar-refractivity contribution < 1.29 is 9.59 Å². The first-order chi connectivity index (χ1) is 12.2. The van der Waals surface area contributed by atoms with Crippen LogP contribution in [0.25, 0.3) is 0 Å². The Balaban J connectivity index is 1.79. The Hall–Kier alpha value is -2.28. The summed E-state index contributed by atoms with van der Waals surface area (Å²) in [6.45, 7) is 7.65. The molecule has 2 amide bonds. The topological polar surface area (TPSA) is 86.9 Å². The molecule has 1 aromatic carbocycles. The van der Waals surface area contributed by atoms with Gasteiger partial charge < -0.3 is 15.6 Å². The van der Waals surface area contributed by atoms with Gasteiger partial charge in [0.1, 0.15) is 0 Å². The van der Waals surface area contributed by atoms with Gasteiger partial charge >= 0.3 is 0 Å². The lowest BCUT2D eigenvalue weighted by Gasteiger charge is -2.20. The molecule has 0 aliphatic carbocycles. The van der Waals surface area contributed by atoms with Crippen molar-refractivity contribution in [3.05, 3.63) is 47.3 Å². The van der Waals surface area contributed by atoms with Gasteiger partial charge in [-0.05, 0) is 33.3 Å². The number of carbonyl (C=O) groups excluding carboxylic acids is 2. The standard InChI is InChI=1S/C19H26N4O2S/c1-13-15(10-14-8-6-5-7-9-14)22-18(21-13)26-12-17(25)20-11-16(24)23-19(2,3)4/h5-9H,10-12H2,1-4H3,(H,20,25)(H,21,22)(H,23,24). The number of carbonyl (C=O) groups is 2. The number of aryl methyl sites for hydroxylation is 1. The summed E-state index contributed by atoms with van der Waals surface area (Å²) < 4.78 is 0. The number of benzene rings is 1. The van der Waals surface area contributed by atoms with Crippen molar-refractivity contribution >= 4 is 23.6 Å². The molecule has 1 heterocycles. The number of aromatic amines is 1. The Bertz CT molecular complexity index is 751. The molecule has 6 nitrogen and oxygen atoms in total. The third-order valence-corrected chi connectivity index (χ3v) is 4.35. The number of hydrogen-bond donors (Lipinski definition) is 3. The minimum absolute atomic E-state index is 0.0207. The van der Waals surface area contributed by atoms with Gasteiger partial charge in [-0.3, -0.25) is 9.59 Å².